The Labute approximate surface area is 170 Å². The van der Waals surface area contributed by atoms with E-state index in [1.165, 1.54) is 12.5 Å². The highest BCUT2D eigenvalue weighted by molar-refractivity contribution is 5.99. The number of imidazole rings is 1. The Morgan fingerprint density at radius 3 is 2.73 bits per heavy atom. The fourth-order valence-corrected chi connectivity index (χ4v) is 3.54. The van der Waals surface area contributed by atoms with Gasteiger partial charge in [0.15, 0.2) is 0 Å². The molecule has 0 saturated carbocycles. The van der Waals surface area contributed by atoms with E-state index in [-0.39, 0.29) is 29.6 Å². The molecule has 3 unspecified atom stereocenters. The number of hydrogen-bond donors (Lipinski definition) is 3. The molecule has 2 aromatic heterocycles. The van der Waals surface area contributed by atoms with E-state index in [1.807, 2.05) is 18.7 Å². The molecule has 0 aromatic carbocycles. The largest absolute Gasteiger partial charge is 0.432 e. The summed E-state index contributed by atoms with van der Waals surface area (Å²) in [6.07, 6.45) is 0.539. The van der Waals surface area contributed by atoms with E-state index in [0.717, 1.165) is 6.08 Å². The summed E-state index contributed by atoms with van der Waals surface area (Å²) in [5.41, 5.74) is 5.07. The molecule has 1 saturated heterocycles. The summed E-state index contributed by atoms with van der Waals surface area (Å²) in [6, 6.07) is 1.60. The van der Waals surface area contributed by atoms with Crippen LogP contribution in [0.4, 0.5) is 19.0 Å². The average Bonchev–Trinajstić information content (AvgIpc) is 3.16. The number of nitrogens with zero attached hydrogens (tertiary/aromatic N) is 4. The minimum absolute atomic E-state index is 0.130. The van der Waals surface area contributed by atoms with E-state index >= 15 is 0 Å². The van der Waals surface area contributed by atoms with Crippen molar-refractivity contribution in [3.05, 3.63) is 30.5 Å². The number of hydrogen-bond acceptors (Lipinski definition) is 6. The molecule has 8 nitrogen and oxygen atoms in total. The van der Waals surface area contributed by atoms with Gasteiger partial charge in [0.1, 0.15) is 23.7 Å². The van der Waals surface area contributed by atoms with Crippen molar-refractivity contribution in [1.29, 1.82) is 5.41 Å². The summed E-state index contributed by atoms with van der Waals surface area (Å²) in [7, 11) is 0. The van der Waals surface area contributed by atoms with Gasteiger partial charge in [0.2, 0.25) is 5.91 Å². The monoisotopic (exact) mass is 421 g/mol. The van der Waals surface area contributed by atoms with Crippen LogP contribution >= 0.6 is 0 Å². The fraction of sp³-hybridized carbons (Fsp3) is 0.421. The Morgan fingerprint density at radius 2 is 2.07 bits per heavy atom. The van der Waals surface area contributed by atoms with Gasteiger partial charge in [-0.1, -0.05) is 6.92 Å². The first kappa shape index (κ1) is 21.5. The quantitative estimate of drug-likeness (QED) is 0.641. The molecule has 1 amide bonds. The van der Waals surface area contributed by atoms with Crippen molar-refractivity contribution < 1.29 is 18.0 Å². The van der Waals surface area contributed by atoms with E-state index in [1.54, 1.807) is 6.07 Å². The number of allylic oxidation sites excluding steroid dienone is 1. The van der Waals surface area contributed by atoms with Crippen molar-refractivity contribution >= 4 is 23.5 Å². The van der Waals surface area contributed by atoms with Gasteiger partial charge < -0.3 is 15.6 Å². The van der Waals surface area contributed by atoms with Gasteiger partial charge in [0.05, 0.1) is 23.5 Å². The van der Waals surface area contributed by atoms with E-state index < -0.39 is 11.9 Å². The summed E-state index contributed by atoms with van der Waals surface area (Å²) in [5, 5.41) is 6.97. The topological polar surface area (TPSA) is 125 Å². The Morgan fingerprint density at radius 1 is 1.33 bits per heavy atom. The predicted octanol–water partition coefficient (Wildman–Crippen LogP) is 2.80. The maximum Gasteiger partial charge on any atom is 0.432 e. The molecule has 0 spiro atoms. The summed E-state index contributed by atoms with van der Waals surface area (Å²) in [5.74, 6) is 0.400. The van der Waals surface area contributed by atoms with Crippen molar-refractivity contribution in [3.63, 3.8) is 0 Å². The molecule has 160 valence electrons. The summed E-state index contributed by atoms with van der Waals surface area (Å²) in [6.45, 7) is 4.68. The zero-order valence-corrected chi connectivity index (χ0v) is 16.4. The van der Waals surface area contributed by atoms with Crippen LogP contribution in [-0.4, -0.2) is 50.3 Å². The lowest BCUT2D eigenvalue weighted by atomic mass is 9.84. The number of rotatable bonds is 5. The molecule has 3 heterocycles. The normalized spacial score (nSPS) is 22.4. The minimum atomic E-state index is -4.71. The van der Waals surface area contributed by atoms with Gasteiger partial charge >= 0.3 is 6.18 Å². The van der Waals surface area contributed by atoms with Gasteiger partial charge in [0.25, 0.3) is 0 Å². The van der Waals surface area contributed by atoms with Gasteiger partial charge in [-0.05, 0) is 31.4 Å². The molecular weight excluding hydrogens is 399 g/mol. The number of alkyl halides is 3. The molecule has 1 fully saturated rings. The van der Waals surface area contributed by atoms with Crippen LogP contribution in [0.15, 0.2) is 24.7 Å². The first-order chi connectivity index (χ1) is 14.1. The number of primary amides is 1. The number of nitrogens with one attached hydrogen (secondary N) is 2. The third kappa shape index (κ3) is 4.66. The molecule has 0 aliphatic carbocycles. The van der Waals surface area contributed by atoms with Crippen LogP contribution < -0.4 is 10.6 Å². The predicted molar refractivity (Wildman–Crippen MR) is 106 cm³/mol. The van der Waals surface area contributed by atoms with Crippen molar-refractivity contribution in [3.8, 4) is 11.4 Å². The third-order valence-corrected chi connectivity index (χ3v) is 5.14. The van der Waals surface area contributed by atoms with Crippen molar-refractivity contribution in [2.75, 3.05) is 11.4 Å². The van der Waals surface area contributed by atoms with Crippen LogP contribution in [0.1, 0.15) is 26.1 Å². The number of carbonyl (C=O) groups excluding carboxylic acids is 1. The lowest BCUT2D eigenvalue weighted by molar-refractivity contribution is -0.123. The molecule has 1 aliphatic rings. The van der Waals surface area contributed by atoms with E-state index in [0.29, 0.717) is 36.2 Å². The number of piperidine rings is 1. The number of carbonyl (C=O) groups is 1. The Kier molecular flexibility index (Phi) is 5.90. The van der Waals surface area contributed by atoms with Crippen LogP contribution in [0.2, 0.25) is 0 Å². The van der Waals surface area contributed by atoms with Crippen LogP contribution in [-0.2, 0) is 4.79 Å². The lowest BCUT2D eigenvalue weighted by Crippen LogP contribution is -2.51. The SMILES string of the molecule is CC1CC(C(N)=O)C(C)N(c2cc(-c3cnc(/C=C\C(=N)C(F)(F)F)[nH]3)ncn2)C1. The number of halogens is 3. The smallest absolute Gasteiger partial charge is 0.369 e. The molecule has 2 aromatic rings. The van der Waals surface area contributed by atoms with Gasteiger partial charge in [-0.25, -0.2) is 15.0 Å². The van der Waals surface area contributed by atoms with E-state index in [2.05, 4.69) is 19.9 Å². The minimum Gasteiger partial charge on any atom is -0.369 e. The maximum atomic E-state index is 12.4. The Bertz CT molecular complexity index is 969. The average molecular weight is 421 g/mol. The molecule has 3 atom stereocenters. The second-order valence-electron chi connectivity index (χ2n) is 7.43. The summed E-state index contributed by atoms with van der Waals surface area (Å²) >= 11 is 0. The Hall–Kier alpha value is -3.24. The summed E-state index contributed by atoms with van der Waals surface area (Å²) in [4.78, 5) is 29.2. The molecule has 3 rings (SSSR count). The number of anilines is 1. The number of aromatic amines is 1. The highest BCUT2D eigenvalue weighted by Gasteiger charge is 2.36. The number of aromatic nitrogens is 4. The maximum absolute atomic E-state index is 12.4. The van der Waals surface area contributed by atoms with Gasteiger partial charge in [-0.15, -0.1) is 0 Å². The van der Waals surface area contributed by atoms with Crippen molar-refractivity contribution in [2.45, 2.75) is 32.5 Å². The molecule has 1 aliphatic heterocycles. The first-order valence-corrected chi connectivity index (χ1v) is 9.33. The molecule has 11 heteroatoms. The highest BCUT2D eigenvalue weighted by Crippen LogP contribution is 2.31. The van der Waals surface area contributed by atoms with Gasteiger partial charge in [-0.2, -0.15) is 13.2 Å². The fourth-order valence-electron chi connectivity index (χ4n) is 3.54. The van der Waals surface area contributed by atoms with Crippen LogP contribution in [0.3, 0.4) is 0 Å². The van der Waals surface area contributed by atoms with Crippen LogP contribution in [0, 0.1) is 17.2 Å². The number of H-pyrrole nitrogens is 1. The molecule has 30 heavy (non-hydrogen) atoms. The van der Waals surface area contributed by atoms with Crippen LogP contribution in [0.25, 0.3) is 17.5 Å². The highest BCUT2D eigenvalue weighted by atomic mass is 19.4. The molecular formula is C19H22F3N7O. The standard InChI is InChI=1S/C19H22F3N7O/c1-10-5-12(18(24)30)11(2)29(8-10)17-6-13(26-9-27-17)14-7-25-16(28-14)4-3-15(23)19(20,21)22/h3-4,6-7,9-12,23H,5,8H2,1-2H3,(H2,24,30)(H,25,28)/b4-3-,23-15?. The molecule has 0 radical (unpaired) electrons. The second kappa shape index (κ2) is 8.25. The van der Waals surface area contributed by atoms with Gasteiger partial charge in [-0.3, -0.25) is 10.2 Å². The third-order valence-electron chi connectivity index (χ3n) is 5.14. The van der Waals surface area contributed by atoms with E-state index in [4.69, 9.17) is 11.1 Å². The zero-order valence-electron chi connectivity index (χ0n) is 16.4. The van der Waals surface area contributed by atoms with Crippen molar-refractivity contribution in [2.24, 2.45) is 17.6 Å². The molecule has 4 N–H and O–H groups in total. The molecule has 0 bridgehead atoms. The number of amides is 1. The first-order valence-electron chi connectivity index (χ1n) is 9.33. The number of nitrogens with two attached hydrogens (primary N) is 1. The van der Waals surface area contributed by atoms with Gasteiger partial charge in [0, 0.05) is 18.7 Å². The summed E-state index contributed by atoms with van der Waals surface area (Å²) < 4.78 is 37.3. The van der Waals surface area contributed by atoms with Crippen molar-refractivity contribution in [1.82, 2.24) is 19.9 Å². The second-order valence-corrected chi connectivity index (χ2v) is 7.43. The lowest BCUT2D eigenvalue weighted by Gasteiger charge is -2.41. The van der Waals surface area contributed by atoms with Crippen LogP contribution in [0.5, 0.6) is 0 Å². The Balaban J connectivity index is 1.82. The van der Waals surface area contributed by atoms with E-state index in [9.17, 15) is 18.0 Å². The zero-order chi connectivity index (χ0) is 22.1.